The molecule has 0 fully saturated rings. The molecule has 4 rings (SSSR count). The highest BCUT2D eigenvalue weighted by Gasteiger charge is 2.25. The maximum absolute atomic E-state index is 11.8. The van der Waals surface area contributed by atoms with Crippen molar-refractivity contribution in [3.05, 3.63) is 48.5 Å². The maximum Gasteiger partial charge on any atom is 0.125 e. The molecule has 0 amide bonds. The zero-order valence-corrected chi connectivity index (χ0v) is 13.5. The first-order chi connectivity index (χ1) is 11.2. The van der Waals surface area contributed by atoms with E-state index < -0.39 is 30.0 Å². The van der Waals surface area contributed by atoms with Crippen LogP contribution in [-0.4, -0.2) is 25.9 Å². The lowest BCUT2D eigenvalue weighted by atomic mass is 10.2. The van der Waals surface area contributed by atoms with Crippen LogP contribution in [0.25, 0.3) is 32.3 Å². The van der Waals surface area contributed by atoms with Crippen molar-refractivity contribution in [1.82, 2.24) is 0 Å². The zero-order chi connectivity index (χ0) is 17.3. The quantitative estimate of drug-likeness (QED) is 0.507. The summed E-state index contributed by atoms with van der Waals surface area (Å²) in [4.78, 5) is -0.797. The molecule has 0 atom stereocenters. The van der Waals surface area contributed by atoms with Gasteiger partial charge in [0.25, 0.3) is 0 Å². The minimum atomic E-state index is -4.80. The molecule has 6 nitrogen and oxygen atoms in total. The minimum Gasteiger partial charge on any atom is -0.744 e. The summed E-state index contributed by atoms with van der Waals surface area (Å²) in [7, 11) is -9.60. The highest BCUT2D eigenvalue weighted by molar-refractivity contribution is 7.86. The summed E-state index contributed by atoms with van der Waals surface area (Å²) < 4.78 is 70.8. The van der Waals surface area contributed by atoms with Gasteiger partial charge in [-0.25, -0.2) is 16.8 Å². The number of rotatable bonds is 2. The van der Waals surface area contributed by atoms with Crippen LogP contribution >= 0.6 is 0 Å². The topological polar surface area (TPSA) is 114 Å². The Bertz CT molecular complexity index is 1170. The minimum absolute atomic E-state index is 0.117. The van der Waals surface area contributed by atoms with E-state index >= 15 is 0 Å². The fourth-order valence-electron chi connectivity index (χ4n) is 3.36. The lowest BCUT2D eigenvalue weighted by molar-refractivity contribution is 0.463. The van der Waals surface area contributed by atoms with Crippen LogP contribution in [0, 0.1) is 0 Å². The van der Waals surface area contributed by atoms with E-state index in [1.54, 1.807) is 0 Å². The molecule has 0 unspecified atom stereocenters. The van der Waals surface area contributed by atoms with E-state index in [0.29, 0.717) is 10.8 Å². The van der Waals surface area contributed by atoms with Gasteiger partial charge in [0, 0.05) is 21.5 Å². The number of hydrogen-bond donors (Lipinski definition) is 0. The smallest absolute Gasteiger partial charge is 0.125 e. The second-order valence-corrected chi connectivity index (χ2v) is 8.04. The van der Waals surface area contributed by atoms with E-state index in [2.05, 4.69) is 0 Å². The van der Waals surface area contributed by atoms with Crippen molar-refractivity contribution in [3.8, 4) is 0 Å². The lowest BCUT2D eigenvalue weighted by Crippen LogP contribution is -1.99. The molecule has 0 saturated carbocycles. The van der Waals surface area contributed by atoms with Crippen molar-refractivity contribution in [2.24, 2.45) is 0 Å². The molecule has 0 N–H and O–H groups in total. The summed E-state index contributed by atoms with van der Waals surface area (Å²) in [5.74, 6) is 0. The highest BCUT2D eigenvalue weighted by Crippen LogP contribution is 2.46. The normalized spacial score (nSPS) is 13.2. The molecular weight excluding hydrogens is 352 g/mol. The van der Waals surface area contributed by atoms with Crippen molar-refractivity contribution in [1.29, 1.82) is 0 Å². The van der Waals surface area contributed by atoms with Gasteiger partial charge in [-0.15, -0.1) is 0 Å². The molecule has 0 spiro atoms. The summed E-state index contributed by atoms with van der Waals surface area (Å²) in [5, 5.41) is 1.06. The van der Waals surface area contributed by atoms with Gasteiger partial charge in [-0.1, -0.05) is 48.5 Å². The van der Waals surface area contributed by atoms with Gasteiger partial charge in [-0.05, 0) is 10.8 Å². The second-order valence-electron chi connectivity index (χ2n) is 5.41. The van der Waals surface area contributed by atoms with Crippen LogP contribution in [0.3, 0.4) is 0 Å². The van der Waals surface area contributed by atoms with Crippen LogP contribution < -0.4 is 0 Å². The highest BCUT2D eigenvalue weighted by atomic mass is 32.2. The van der Waals surface area contributed by atoms with Gasteiger partial charge in [-0.2, -0.15) is 0 Å². The standard InChI is InChI=1S/C16H10O6S2/c17-23(18,19)15-9-5-1-2-6-10-13(9)14-11(15)7-3-4-8-12(14)16(10)24(20,21)22/h1-8H,(H,17,18,19)(H,20,21,22)/p-2. The maximum atomic E-state index is 11.8. The Labute approximate surface area is 137 Å². The molecule has 4 aromatic rings. The fraction of sp³-hybridized carbons (Fsp3) is 0. The van der Waals surface area contributed by atoms with Gasteiger partial charge in [0.15, 0.2) is 0 Å². The van der Waals surface area contributed by atoms with E-state index in [4.69, 9.17) is 0 Å². The van der Waals surface area contributed by atoms with Crippen molar-refractivity contribution in [2.75, 3.05) is 0 Å². The first-order valence-corrected chi connectivity index (χ1v) is 9.63. The fourth-order valence-corrected chi connectivity index (χ4v) is 5.11. The Morgan fingerprint density at radius 2 is 0.792 bits per heavy atom. The van der Waals surface area contributed by atoms with Crippen molar-refractivity contribution in [2.45, 2.75) is 9.79 Å². The molecule has 8 heteroatoms. The Hall–Kier alpha value is -2.26. The summed E-state index contributed by atoms with van der Waals surface area (Å²) in [6.07, 6.45) is 0. The van der Waals surface area contributed by atoms with Gasteiger partial charge in [0.1, 0.15) is 20.2 Å². The van der Waals surface area contributed by atoms with Crippen LogP contribution in [-0.2, 0) is 20.2 Å². The predicted octanol–water partition coefficient (Wildman–Crippen LogP) is 2.39. The summed E-state index contributed by atoms with van der Waals surface area (Å²) in [6, 6.07) is 11.8. The van der Waals surface area contributed by atoms with Crippen molar-refractivity contribution < 1.29 is 25.9 Å². The van der Waals surface area contributed by atoms with E-state index in [1.807, 2.05) is 0 Å². The van der Waals surface area contributed by atoms with Crippen LogP contribution in [0.5, 0.6) is 0 Å². The van der Waals surface area contributed by atoms with Crippen molar-refractivity contribution in [3.63, 3.8) is 0 Å². The molecule has 122 valence electrons. The summed E-state index contributed by atoms with van der Waals surface area (Å²) >= 11 is 0. The Kier molecular flexibility index (Phi) is 2.95. The van der Waals surface area contributed by atoms with Gasteiger partial charge < -0.3 is 9.11 Å². The Morgan fingerprint density at radius 1 is 0.542 bits per heavy atom. The van der Waals surface area contributed by atoms with E-state index in [9.17, 15) is 25.9 Å². The number of hydrogen-bond acceptors (Lipinski definition) is 6. The van der Waals surface area contributed by atoms with Gasteiger partial charge >= 0.3 is 0 Å². The van der Waals surface area contributed by atoms with Gasteiger partial charge in [0.05, 0.1) is 9.79 Å². The lowest BCUT2D eigenvalue weighted by Gasteiger charge is -2.08. The molecule has 0 heterocycles. The molecule has 4 aromatic carbocycles. The Morgan fingerprint density at radius 3 is 1.00 bits per heavy atom. The molecule has 0 radical (unpaired) electrons. The van der Waals surface area contributed by atoms with Crippen LogP contribution in [0.2, 0.25) is 0 Å². The van der Waals surface area contributed by atoms with Gasteiger partial charge in [-0.3, -0.25) is 0 Å². The molecule has 0 bridgehead atoms. The molecule has 0 saturated heterocycles. The third-order valence-corrected chi connectivity index (χ3v) is 5.96. The third kappa shape index (κ3) is 1.94. The predicted molar refractivity (Wildman–Crippen MR) is 86.1 cm³/mol. The molecule has 24 heavy (non-hydrogen) atoms. The average Bonchev–Trinajstić information content (AvgIpc) is 2.72. The van der Waals surface area contributed by atoms with Crippen LogP contribution in [0.1, 0.15) is 0 Å². The van der Waals surface area contributed by atoms with Gasteiger partial charge in [0.2, 0.25) is 0 Å². The summed E-state index contributed by atoms with van der Waals surface area (Å²) in [5.41, 5.74) is 0. The SMILES string of the molecule is O=S(=O)([O-])c1c2ccccc3c(S(=O)(=O)[O-])c4ccccc1c4c23. The van der Waals surface area contributed by atoms with Crippen molar-refractivity contribution >= 4 is 52.6 Å². The molecule has 0 aliphatic carbocycles. The van der Waals surface area contributed by atoms with Crippen LogP contribution in [0.4, 0.5) is 0 Å². The zero-order valence-electron chi connectivity index (χ0n) is 11.9. The molecule has 0 aromatic heterocycles. The average molecular weight is 360 g/mol. The Balaban J connectivity index is 2.53. The molecular formula is C16H8O6S2-2. The molecule has 0 aliphatic heterocycles. The van der Waals surface area contributed by atoms with E-state index in [0.717, 1.165) is 0 Å². The molecule has 0 aliphatic rings. The summed E-state index contributed by atoms with van der Waals surface area (Å²) in [6.45, 7) is 0. The van der Waals surface area contributed by atoms with E-state index in [1.165, 1.54) is 48.5 Å². The monoisotopic (exact) mass is 360 g/mol. The largest absolute Gasteiger partial charge is 0.744 e. The first-order valence-electron chi connectivity index (χ1n) is 6.81. The third-order valence-electron chi connectivity index (χ3n) is 4.08. The first kappa shape index (κ1) is 15.3. The second kappa shape index (κ2) is 4.64. The van der Waals surface area contributed by atoms with E-state index in [-0.39, 0.29) is 21.5 Å². The van der Waals surface area contributed by atoms with Crippen LogP contribution in [0.15, 0.2) is 58.3 Å².